The van der Waals surface area contributed by atoms with Gasteiger partial charge in [-0.3, -0.25) is 0 Å². The smallest absolute Gasteiger partial charge is 0.144 e. The second kappa shape index (κ2) is 5.41. The molecule has 96 valence electrons. The minimum absolute atomic E-state index is 0.663. The molecular weight excluding hydrogens is 254 g/mol. The molecule has 0 saturated heterocycles. The van der Waals surface area contributed by atoms with Crippen LogP contribution in [-0.4, -0.2) is 4.98 Å². The van der Waals surface area contributed by atoms with Gasteiger partial charge in [0.15, 0.2) is 0 Å². The number of aryl methyl sites for hydroxylation is 2. The largest absolute Gasteiger partial charge is 0.365 e. The molecule has 0 radical (unpaired) electrons. The maximum Gasteiger partial charge on any atom is 0.144 e. The van der Waals surface area contributed by atoms with E-state index in [0.717, 1.165) is 30.9 Å². The van der Waals surface area contributed by atoms with Gasteiger partial charge in [0.25, 0.3) is 0 Å². The summed E-state index contributed by atoms with van der Waals surface area (Å²) in [4.78, 5) is 4.65. The number of hydrogen-bond acceptors (Lipinski definition) is 4. The minimum atomic E-state index is 0.663. The van der Waals surface area contributed by atoms with E-state index in [4.69, 9.17) is 0 Å². The lowest BCUT2D eigenvalue weighted by Crippen LogP contribution is -2.10. The average molecular weight is 269 g/mol. The molecule has 0 fully saturated rings. The number of hydrogen-bond donors (Lipinski definition) is 1. The zero-order valence-corrected chi connectivity index (χ0v) is 11.5. The average Bonchev–Trinajstić information content (AvgIpc) is 2.97. The Bertz CT molecular complexity index is 611. The summed E-state index contributed by atoms with van der Waals surface area (Å²) in [6.45, 7) is 0.726. The number of anilines is 1. The molecule has 3 rings (SSSR count). The van der Waals surface area contributed by atoms with Crippen LogP contribution in [0, 0.1) is 11.3 Å². The van der Waals surface area contributed by atoms with Crippen molar-refractivity contribution in [2.24, 2.45) is 0 Å². The van der Waals surface area contributed by atoms with Crippen LogP contribution in [0.15, 0.2) is 22.9 Å². The number of pyridine rings is 1. The van der Waals surface area contributed by atoms with Crippen molar-refractivity contribution in [1.29, 1.82) is 5.26 Å². The molecule has 2 aromatic rings. The first-order valence-corrected chi connectivity index (χ1v) is 7.49. The molecule has 1 aliphatic carbocycles. The van der Waals surface area contributed by atoms with E-state index in [9.17, 15) is 5.26 Å². The van der Waals surface area contributed by atoms with E-state index in [1.54, 1.807) is 11.3 Å². The summed E-state index contributed by atoms with van der Waals surface area (Å²) in [5.41, 5.74) is 4.31. The lowest BCUT2D eigenvalue weighted by atomic mass is 9.95. The van der Waals surface area contributed by atoms with Crippen molar-refractivity contribution >= 4 is 17.2 Å². The van der Waals surface area contributed by atoms with E-state index in [2.05, 4.69) is 33.2 Å². The van der Waals surface area contributed by atoms with E-state index >= 15 is 0 Å². The SMILES string of the molecule is N#Cc1cc2c(nc1NCc1ccsc1)CCCC2. The zero-order valence-electron chi connectivity index (χ0n) is 10.6. The summed E-state index contributed by atoms with van der Waals surface area (Å²) in [6, 6.07) is 6.35. The second-order valence-corrected chi connectivity index (χ2v) is 5.57. The number of thiophene rings is 1. The number of nitrogens with one attached hydrogen (secondary N) is 1. The highest BCUT2D eigenvalue weighted by Crippen LogP contribution is 2.24. The van der Waals surface area contributed by atoms with E-state index in [0.29, 0.717) is 5.56 Å². The summed E-state index contributed by atoms with van der Waals surface area (Å²) >= 11 is 1.68. The van der Waals surface area contributed by atoms with Gasteiger partial charge in [-0.25, -0.2) is 4.98 Å². The number of rotatable bonds is 3. The summed E-state index contributed by atoms with van der Waals surface area (Å²) < 4.78 is 0. The monoisotopic (exact) mass is 269 g/mol. The molecule has 0 unspecified atom stereocenters. The predicted octanol–water partition coefficient (Wildman–Crippen LogP) is 3.51. The maximum absolute atomic E-state index is 9.25. The number of aromatic nitrogens is 1. The van der Waals surface area contributed by atoms with Crippen LogP contribution < -0.4 is 5.32 Å². The Morgan fingerprint density at radius 3 is 3.05 bits per heavy atom. The van der Waals surface area contributed by atoms with E-state index in [1.807, 2.05) is 6.07 Å². The van der Waals surface area contributed by atoms with Gasteiger partial charge in [0.2, 0.25) is 0 Å². The molecule has 0 amide bonds. The molecular formula is C15H15N3S. The Labute approximate surface area is 116 Å². The molecule has 19 heavy (non-hydrogen) atoms. The fourth-order valence-electron chi connectivity index (χ4n) is 2.43. The highest BCUT2D eigenvalue weighted by Gasteiger charge is 2.14. The number of fused-ring (bicyclic) bond motifs is 1. The number of nitriles is 1. The standard InChI is InChI=1S/C15H15N3S/c16-8-13-7-12-3-1-2-4-14(12)18-15(13)17-9-11-5-6-19-10-11/h5-7,10H,1-4,9H2,(H,17,18). The Balaban J connectivity index is 1.85. The Kier molecular flexibility index (Phi) is 3.47. The molecule has 4 heteroatoms. The van der Waals surface area contributed by atoms with Gasteiger partial charge in [-0.05, 0) is 59.7 Å². The van der Waals surface area contributed by atoms with Crippen molar-refractivity contribution in [1.82, 2.24) is 4.98 Å². The van der Waals surface area contributed by atoms with Gasteiger partial charge < -0.3 is 5.32 Å². The molecule has 0 saturated carbocycles. The van der Waals surface area contributed by atoms with Gasteiger partial charge in [-0.15, -0.1) is 0 Å². The van der Waals surface area contributed by atoms with Crippen molar-refractivity contribution in [2.45, 2.75) is 32.2 Å². The van der Waals surface area contributed by atoms with Crippen LogP contribution in [0.5, 0.6) is 0 Å². The fourth-order valence-corrected chi connectivity index (χ4v) is 3.10. The van der Waals surface area contributed by atoms with Crippen molar-refractivity contribution in [3.63, 3.8) is 0 Å². The van der Waals surface area contributed by atoms with Crippen LogP contribution in [0.3, 0.4) is 0 Å². The van der Waals surface area contributed by atoms with E-state index in [-0.39, 0.29) is 0 Å². The molecule has 2 aromatic heterocycles. The van der Waals surface area contributed by atoms with Gasteiger partial charge in [-0.2, -0.15) is 16.6 Å². The second-order valence-electron chi connectivity index (χ2n) is 4.79. The first-order chi connectivity index (χ1) is 9.36. The number of nitrogens with zero attached hydrogens (tertiary/aromatic N) is 2. The molecule has 0 bridgehead atoms. The summed E-state index contributed by atoms with van der Waals surface area (Å²) in [6.07, 6.45) is 4.51. The van der Waals surface area contributed by atoms with E-state index in [1.165, 1.54) is 24.0 Å². The molecule has 3 nitrogen and oxygen atoms in total. The third kappa shape index (κ3) is 2.61. The van der Waals surface area contributed by atoms with Crippen LogP contribution >= 0.6 is 11.3 Å². The highest BCUT2D eigenvalue weighted by molar-refractivity contribution is 7.07. The Morgan fingerprint density at radius 2 is 2.26 bits per heavy atom. The first kappa shape index (κ1) is 12.2. The fraction of sp³-hybridized carbons (Fsp3) is 0.333. The molecule has 2 heterocycles. The van der Waals surface area contributed by atoms with Crippen LogP contribution in [0.25, 0.3) is 0 Å². The summed E-state index contributed by atoms with van der Waals surface area (Å²) in [5, 5.41) is 16.7. The third-order valence-corrected chi connectivity index (χ3v) is 4.19. The van der Waals surface area contributed by atoms with Gasteiger partial charge in [-0.1, -0.05) is 0 Å². The topological polar surface area (TPSA) is 48.7 Å². The van der Waals surface area contributed by atoms with Crippen molar-refractivity contribution in [2.75, 3.05) is 5.32 Å². The van der Waals surface area contributed by atoms with Crippen LogP contribution in [0.1, 0.15) is 35.2 Å². The van der Waals surface area contributed by atoms with Crippen molar-refractivity contribution in [3.05, 3.63) is 45.3 Å². The Hall–Kier alpha value is -1.86. The van der Waals surface area contributed by atoms with Crippen LogP contribution in [0.2, 0.25) is 0 Å². The van der Waals surface area contributed by atoms with Gasteiger partial charge >= 0.3 is 0 Å². The molecule has 1 aliphatic rings. The molecule has 1 N–H and O–H groups in total. The summed E-state index contributed by atoms with van der Waals surface area (Å²) in [7, 11) is 0. The van der Waals surface area contributed by atoms with Gasteiger partial charge in [0, 0.05) is 12.2 Å². The van der Waals surface area contributed by atoms with Crippen LogP contribution in [0.4, 0.5) is 5.82 Å². The maximum atomic E-state index is 9.25. The Morgan fingerprint density at radius 1 is 1.37 bits per heavy atom. The highest BCUT2D eigenvalue weighted by atomic mass is 32.1. The third-order valence-electron chi connectivity index (χ3n) is 3.46. The quantitative estimate of drug-likeness (QED) is 0.927. The van der Waals surface area contributed by atoms with Gasteiger partial charge in [0.1, 0.15) is 11.9 Å². The van der Waals surface area contributed by atoms with Crippen molar-refractivity contribution < 1.29 is 0 Å². The molecule has 0 aliphatic heterocycles. The minimum Gasteiger partial charge on any atom is -0.365 e. The normalized spacial score (nSPS) is 13.6. The lowest BCUT2D eigenvalue weighted by Gasteiger charge is -2.17. The molecule has 0 atom stereocenters. The summed E-state index contributed by atoms with van der Waals surface area (Å²) in [5.74, 6) is 0.731. The van der Waals surface area contributed by atoms with E-state index < -0.39 is 0 Å². The van der Waals surface area contributed by atoms with Crippen LogP contribution in [-0.2, 0) is 19.4 Å². The molecule has 0 aromatic carbocycles. The molecule has 0 spiro atoms. The zero-order chi connectivity index (χ0) is 13.1. The lowest BCUT2D eigenvalue weighted by molar-refractivity contribution is 0.668. The van der Waals surface area contributed by atoms with Crippen molar-refractivity contribution in [3.8, 4) is 6.07 Å². The van der Waals surface area contributed by atoms with Gasteiger partial charge in [0.05, 0.1) is 5.56 Å². The first-order valence-electron chi connectivity index (χ1n) is 6.54. The predicted molar refractivity (Wildman–Crippen MR) is 77.2 cm³/mol.